The van der Waals surface area contributed by atoms with E-state index in [1.165, 1.54) is 0 Å². The van der Waals surface area contributed by atoms with E-state index in [1.807, 2.05) is 23.7 Å². The van der Waals surface area contributed by atoms with Crippen LogP contribution >= 0.6 is 0 Å². The number of nitrogens with zero attached hydrogens (tertiary/aromatic N) is 3. The second-order valence-electron chi connectivity index (χ2n) is 5.94. The molecule has 1 aromatic heterocycles. The maximum atomic E-state index is 12.2. The van der Waals surface area contributed by atoms with Gasteiger partial charge in [-0.15, -0.1) is 0 Å². The van der Waals surface area contributed by atoms with Gasteiger partial charge in [0, 0.05) is 43.9 Å². The Balaban J connectivity index is 1.81. The molecular formula is C18H23N3O3. The number of phenols is 1. The molecule has 0 bridgehead atoms. The van der Waals surface area contributed by atoms with Crippen molar-refractivity contribution in [3.05, 3.63) is 46.8 Å². The monoisotopic (exact) mass is 329 g/mol. The van der Waals surface area contributed by atoms with E-state index in [0.29, 0.717) is 18.8 Å². The SMILES string of the molecule is CCOC(=O)c1nn(CC)c2c1CN(Cc1ccc(O)cc1)CC2. The Morgan fingerprint density at radius 1 is 1.29 bits per heavy atom. The summed E-state index contributed by atoms with van der Waals surface area (Å²) < 4.78 is 7.07. The molecule has 0 saturated heterocycles. The zero-order chi connectivity index (χ0) is 17.1. The minimum absolute atomic E-state index is 0.272. The number of carbonyl (C=O) groups excluding carboxylic acids is 1. The average Bonchev–Trinajstić information content (AvgIpc) is 2.95. The van der Waals surface area contributed by atoms with Gasteiger partial charge in [-0.3, -0.25) is 9.58 Å². The van der Waals surface area contributed by atoms with Crippen LogP contribution in [0.2, 0.25) is 0 Å². The second-order valence-corrected chi connectivity index (χ2v) is 5.94. The van der Waals surface area contributed by atoms with Crippen molar-refractivity contribution in [2.24, 2.45) is 0 Å². The van der Waals surface area contributed by atoms with Gasteiger partial charge in [-0.2, -0.15) is 5.10 Å². The fraction of sp³-hybridized carbons (Fsp3) is 0.444. The molecular weight excluding hydrogens is 306 g/mol. The molecule has 0 atom stereocenters. The Morgan fingerprint density at radius 2 is 2.04 bits per heavy atom. The normalized spacial score (nSPS) is 14.4. The van der Waals surface area contributed by atoms with Crippen LogP contribution in [0.1, 0.15) is 41.2 Å². The minimum Gasteiger partial charge on any atom is -0.508 e. The smallest absolute Gasteiger partial charge is 0.359 e. The van der Waals surface area contributed by atoms with Crippen LogP contribution < -0.4 is 0 Å². The fourth-order valence-corrected chi connectivity index (χ4v) is 3.17. The van der Waals surface area contributed by atoms with Crippen LogP contribution in [-0.4, -0.2) is 38.9 Å². The Labute approximate surface area is 141 Å². The van der Waals surface area contributed by atoms with Gasteiger partial charge in [0.15, 0.2) is 5.69 Å². The molecule has 2 aromatic rings. The van der Waals surface area contributed by atoms with Crippen molar-refractivity contribution < 1.29 is 14.6 Å². The van der Waals surface area contributed by atoms with Gasteiger partial charge in [-0.25, -0.2) is 4.79 Å². The number of fused-ring (bicyclic) bond motifs is 1. The molecule has 1 aliphatic rings. The lowest BCUT2D eigenvalue weighted by Crippen LogP contribution is -2.31. The Bertz CT molecular complexity index is 722. The first-order valence-electron chi connectivity index (χ1n) is 8.38. The Kier molecular flexibility index (Phi) is 4.85. The number of carbonyl (C=O) groups is 1. The second kappa shape index (κ2) is 7.05. The van der Waals surface area contributed by atoms with Crippen molar-refractivity contribution in [3.8, 4) is 5.75 Å². The van der Waals surface area contributed by atoms with E-state index < -0.39 is 0 Å². The topological polar surface area (TPSA) is 67.6 Å². The summed E-state index contributed by atoms with van der Waals surface area (Å²) in [5, 5.41) is 13.9. The third-order valence-corrected chi connectivity index (χ3v) is 4.32. The molecule has 6 heteroatoms. The van der Waals surface area contributed by atoms with E-state index in [1.54, 1.807) is 19.1 Å². The van der Waals surface area contributed by atoms with Crippen molar-refractivity contribution in [2.45, 2.75) is 39.9 Å². The van der Waals surface area contributed by atoms with Crippen LogP contribution in [0.5, 0.6) is 5.75 Å². The average molecular weight is 329 g/mol. The van der Waals surface area contributed by atoms with Crippen LogP contribution in [-0.2, 0) is 30.8 Å². The van der Waals surface area contributed by atoms with Gasteiger partial charge in [-0.05, 0) is 31.5 Å². The molecule has 2 heterocycles. The molecule has 3 rings (SSSR count). The van der Waals surface area contributed by atoms with E-state index in [4.69, 9.17) is 4.74 Å². The van der Waals surface area contributed by atoms with Gasteiger partial charge < -0.3 is 9.84 Å². The van der Waals surface area contributed by atoms with Crippen LogP contribution in [0.4, 0.5) is 0 Å². The van der Waals surface area contributed by atoms with Crippen LogP contribution in [0.25, 0.3) is 0 Å². The van der Waals surface area contributed by atoms with E-state index in [9.17, 15) is 9.90 Å². The highest BCUT2D eigenvalue weighted by atomic mass is 16.5. The highest BCUT2D eigenvalue weighted by Crippen LogP contribution is 2.25. The van der Waals surface area contributed by atoms with Crippen molar-refractivity contribution in [2.75, 3.05) is 13.2 Å². The summed E-state index contributed by atoms with van der Waals surface area (Å²) in [6.45, 7) is 7.32. The van der Waals surface area contributed by atoms with Crippen LogP contribution in [0.15, 0.2) is 24.3 Å². The number of phenolic OH excluding ortho intramolecular Hbond substituents is 1. The summed E-state index contributed by atoms with van der Waals surface area (Å²) in [6, 6.07) is 7.24. The number of ether oxygens (including phenoxy) is 1. The van der Waals surface area contributed by atoms with Gasteiger partial charge in [0.25, 0.3) is 0 Å². The molecule has 1 N–H and O–H groups in total. The van der Waals surface area contributed by atoms with E-state index >= 15 is 0 Å². The number of hydrogen-bond acceptors (Lipinski definition) is 5. The molecule has 0 radical (unpaired) electrons. The first kappa shape index (κ1) is 16.5. The number of aryl methyl sites for hydroxylation is 1. The number of rotatable bonds is 5. The number of hydrogen-bond donors (Lipinski definition) is 1. The predicted octanol–water partition coefficient (Wildman–Crippen LogP) is 2.34. The summed E-state index contributed by atoms with van der Waals surface area (Å²) >= 11 is 0. The van der Waals surface area contributed by atoms with E-state index in [-0.39, 0.29) is 11.7 Å². The molecule has 0 fully saturated rings. The van der Waals surface area contributed by atoms with Crippen molar-refractivity contribution >= 4 is 5.97 Å². The summed E-state index contributed by atoms with van der Waals surface area (Å²) in [5.74, 6) is -0.0686. The Morgan fingerprint density at radius 3 is 2.71 bits per heavy atom. The molecule has 1 aromatic carbocycles. The quantitative estimate of drug-likeness (QED) is 0.853. The fourth-order valence-electron chi connectivity index (χ4n) is 3.17. The van der Waals surface area contributed by atoms with Gasteiger partial charge in [-0.1, -0.05) is 12.1 Å². The molecule has 0 spiro atoms. The van der Waals surface area contributed by atoms with Crippen LogP contribution in [0.3, 0.4) is 0 Å². The summed E-state index contributed by atoms with van der Waals surface area (Å²) in [5.41, 5.74) is 3.71. The minimum atomic E-state index is -0.340. The first-order valence-corrected chi connectivity index (χ1v) is 8.38. The van der Waals surface area contributed by atoms with Crippen molar-refractivity contribution in [1.29, 1.82) is 0 Å². The first-order chi connectivity index (χ1) is 11.6. The van der Waals surface area contributed by atoms with Gasteiger partial charge >= 0.3 is 5.97 Å². The molecule has 0 saturated carbocycles. The van der Waals surface area contributed by atoms with Gasteiger partial charge in [0.1, 0.15) is 5.75 Å². The molecule has 6 nitrogen and oxygen atoms in total. The van der Waals surface area contributed by atoms with Crippen molar-refractivity contribution in [3.63, 3.8) is 0 Å². The highest BCUT2D eigenvalue weighted by Gasteiger charge is 2.28. The molecule has 1 aliphatic heterocycles. The lowest BCUT2D eigenvalue weighted by atomic mass is 10.0. The lowest BCUT2D eigenvalue weighted by molar-refractivity contribution is 0.0515. The van der Waals surface area contributed by atoms with Crippen molar-refractivity contribution in [1.82, 2.24) is 14.7 Å². The zero-order valence-electron chi connectivity index (χ0n) is 14.2. The summed E-state index contributed by atoms with van der Waals surface area (Å²) in [6.07, 6.45) is 0.869. The number of benzene rings is 1. The van der Waals surface area contributed by atoms with E-state index in [0.717, 1.165) is 42.9 Å². The molecule has 24 heavy (non-hydrogen) atoms. The molecule has 128 valence electrons. The summed E-state index contributed by atoms with van der Waals surface area (Å²) in [4.78, 5) is 14.5. The number of esters is 1. The maximum Gasteiger partial charge on any atom is 0.359 e. The maximum absolute atomic E-state index is 12.2. The number of aromatic hydroxyl groups is 1. The van der Waals surface area contributed by atoms with Crippen LogP contribution in [0, 0.1) is 0 Å². The Hall–Kier alpha value is -2.34. The number of aromatic nitrogens is 2. The highest BCUT2D eigenvalue weighted by molar-refractivity contribution is 5.89. The van der Waals surface area contributed by atoms with Gasteiger partial charge in [0.2, 0.25) is 0 Å². The van der Waals surface area contributed by atoms with E-state index in [2.05, 4.69) is 10.00 Å². The molecule has 0 aliphatic carbocycles. The third kappa shape index (κ3) is 3.28. The largest absolute Gasteiger partial charge is 0.508 e. The van der Waals surface area contributed by atoms with Gasteiger partial charge in [0.05, 0.1) is 6.61 Å². The third-order valence-electron chi connectivity index (χ3n) is 4.32. The standard InChI is InChI=1S/C18H23N3O3/c1-3-21-16-9-10-20(11-13-5-7-14(22)8-6-13)12-15(16)17(19-21)18(23)24-4-2/h5-8,22H,3-4,9-12H2,1-2H3. The predicted molar refractivity (Wildman–Crippen MR) is 89.8 cm³/mol. The summed E-state index contributed by atoms with van der Waals surface area (Å²) in [7, 11) is 0. The molecule has 0 amide bonds. The lowest BCUT2D eigenvalue weighted by Gasteiger charge is -2.27. The molecule has 0 unspecified atom stereocenters. The zero-order valence-corrected chi connectivity index (χ0v) is 14.2.